The molecule has 6 rings (SSSR count). The fourth-order valence-electron chi connectivity index (χ4n) is 5.10. The summed E-state index contributed by atoms with van der Waals surface area (Å²) in [4.78, 5) is 16.2. The van der Waals surface area contributed by atoms with Crippen LogP contribution in [-0.4, -0.2) is 48.8 Å². The molecule has 3 aromatic heterocycles. The minimum atomic E-state index is -6.35. The number of hydrogen-bond donors (Lipinski definition) is 1. The molecular formula is C35H27F8N6O4P. The molecule has 0 amide bonds. The summed E-state index contributed by atoms with van der Waals surface area (Å²) in [5, 5.41) is 1.72. The Bertz CT molecular complexity index is 2200. The first-order valence-corrected chi connectivity index (χ1v) is 17.3. The number of phosphoric acid groups is 1. The van der Waals surface area contributed by atoms with Gasteiger partial charge in [-0.15, -0.1) is 0 Å². The van der Waals surface area contributed by atoms with Gasteiger partial charge in [0.2, 0.25) is 0 Å². The van der Waals surface area contributed by atoms with E-state index in [1.165, 1.54) is 89.7 Å². The molecule has 0 saturated heterocycles. The van der Waals surface area contributed by atoms with E-state index in [-0.39, 0.29) is 34.5 Å². The highest BCUT2D eigenvalue weighted by atomic mass is 31.2. The quantitative estimate of drug-likeness (QED) is 0.0856. The van der Waals surface area contributed by atoms with Crippen LogP contribution in [0.4, 0.5) is 40.9 Å². The lowest BCUT2D eigenvalue weighted by atomic mass is 10.0. The van der Waals surface area contributed by atoms with Crippen LogP contribution >= 0.6 is 7.82 Å². The Kier molecular flexibility index (Phi) is 11.1. The van der Waals surface area contributed by atoms with Crippen molar-refractivity contribution in [1.82, 2.24) is 24.3 Å². The predicted octanol–water partition coefficient (Wildman–Crippen LogP) is 8.89. The Morgan fingerprint density at radius 2 is 1.33 bits per heavy atom. The molecule has 0 aliphatic carbocycles. The van der Waals surface area contributed by atoms with E-state index in [0.29, 0.717) is 11.8 Å². The second-order valence-electron chi connectivity index (χ2n) is 11.6. The number of phosphoric ester groups is 1. The van der Waals surface area contributed by atoms with Gasteiger partial charge in [-0.1, -0.05) is 78.9 Å². The standard InChI is InChI=1S/C35H27F8N6O4P/c36-26-14-8-7-13-25(26)17-28-32-44-15-16-49(32)19-29(47-28)31-45-18-27(37)30(48-31)46-22-33(34(38,39)40,35(41,42)43)53-54(50,51-20-23-9-3-1-4-10-23)52-21-24-11-5-2-6-12-24/h1-16,18-19H,17,20-22H2,(H,45,46,48). The number of halogens is 8. The van der Waals surface area contributed by atoms with Gasteiger partial charge < -0.3 is 9.72 Å². The molecule has 0 radical (unpaired) electrons. The molecule has 1 N–H and O–H groups in total. The van der Waals surface area contributed by atoms with Crippen molar-refractivity contribution in [2.75, 3.05) is 11.9 Å². The zero-order valence-electron chi connectivity index (χ0n) is 27.6. The maximum absolute atomic E-state index is 15.1. The van der Waals surface area contributed by atoms with Gasteiger partial charge in [-0.05, 0) is 22.8 Å². The molecule has 0 atom stereocenters. The molecule has 54 heavy (non-hydrogen) atoms. The molecule has 0 spiro atoms. The predicted molar refractivity (Wildman–Crippen MR) is 178 cm³/mol. The van der Waals surface area contributed by atoms with E-state index in [9.17, 15) is 35.3 Å². The molecule has 0 bridgehead atoms. The lowest BCUT2D eigenvalue weighted by Crippen LogP contribution is -2.62. The molecule has 0 aliphatic rings. The molecule has 0 saturated carbocycles. The highest BCUT2D eigenvalue weighted by molar-refractivity contribution is 7.48. The third-order valence-electron chi connectivity index (χ3n) is 7.89. The van der Waals surface area contributed by atoms with Gasteiger partial charge in [0.05, 0.1) is 31.6 Å². The summed E-state index contributed by atoms with van der Waals surface area (Å²) in [7, 11) is -5.76. The van der Waals surface area contributed by atoms with Crippen molar-refractivity contribution in [1.29, 1.82) is 0 Å². The highest BCUT2D eigenvalue weighted by Gasteiger charge is 2.75. The molecule has 19 heteroatoms. The van der Waals surface area contributed by atoms with Gasteiger partial charge in [0.25, 0.3) is 5.60 Å². The summed E-state index contributed by atoms with van der Waals surface area (Å²) in [5.41, 5.74) is -4.23. The van der Waals surface area contributed by atoms with Crippen molar-refractivity contribution in [3.05, 3.63) is 144 Å². The van der Waals surface area contributed by atoms with Crippen molar-refractivity contribution in [2.24, 2.45) is 0 Å². The van der Waals surface area contributed by atoms with Crippen LogP contribution < -0.4 is 5.32 Å². The molecule has 10 nitrogen and oxygen atoms in total. The summed E-state index contributed by atoms with van der Waals surface area (Å²) in [6.45, 7) is -3.82. The second-order valence-corrected chi connectivity index (χ2v) is 13.2. The third-order valence-corrected chi connectivity index (χ3v) is 9.31. The van der Waals surface area contributed by atoms with Crippen LogP contribution in [0.2, 0.25) is 0 Å². The minimum Gasteiger partial charge on any atom is -0.364 e. The van der Waals surface area contributed by atoms with E-state index in [1.54, 1.807) is 23.5 Å². The Hall–Kier alpha value is -5.29. The van der Waals surface area contributed by atoms with Crippen LogP contribution in [0.15, 0.2) is 110 Å². The van der Waals surface area contributed by atoms with Gasteiger partial charge >= 0.3 is 20.2 Å². The zero-order chi connectivity index (χ0) is 38.6. The number of aromatic nitrogens is 5. The number of fused-ring (bicyclic) bond motifs is 1. The Balaban J connectivity index is 1.33. The summed E-state index contributed by atoms with van der Waals surface area (Å²) in [6.07, 6.45) is -8.05. The topological polar surface area (TPSA) is 113 Å². The van der Waals surface area contributed by atoms with E-state index >= 15 is 4.39 Å². The maximum atomic E-state index is 15.1. The molecule has 3 heterocycles. The molecule has 6 aromatic rings. The first kappa shape index (κ1) is 38.4. The number of nitrogens with zero attached hydrogens (tertiary/aromatic N) is 5. The van der Waals surface area contributed by atoms with Crippen LogP contribution in [0.25, 0.3) is 17.2 Å². The number of benzene rings is 3. The van der Waals surface area contributed by atoms with E-state index in [4.69, 9.17) is 9.05 Å². The average molecular weight is 779 g/mol. The van der Waals surface area contributed by atoms with Gasteiger partial charge in [0, 0.05) is 25.0 Å². The van der Waals surface area contributed by atoms with Gasteiger partial charge in [0.15, 0.2) is 23.1 Å². The Morgan fingerprint density at radius 1 is 0.741 bits per heavy atom. The summed E-state index contributed by atoms with van der Waals surface area (Å²) in [5.74, 6) is -3.54. The smallest absolute Gasteiger partial charge is 0.364 e. The van der Waals surface area contributed by atoms with Crippen LogP contribution in [0.1, 0.15) is 22.4 Å². The van der Waals surface area contributed by atoms with Gasteiger partial charge in [0.1, 0.15) is 11.5 Å². The number of imidazole rings is 1. The first-order chi connectivity index (χ1) is 25.7. The van der Waals surface area contributed by atoms with E-state index in [1.807, 2.05) is 0 Å². The largest absolute Gasteiger partial charge is 0.476 e. The molecule has 3 aromatic carbocycles. The molecule has 0 fully saturated rings. The number of anilines is 1. The second kappa shape index (κ2) is 15.6. The Labute approximate surface area is 301 Å². The zero-order valence-corrected chi connectivity index (χ0v) is 28.5. The fraction of sp³-hybridized carbons (Fsp3) is 0.200. The normalized spacial score (nSPS) is 12.7. The van der Waals surface area contributed by atoms with Crippen LogP contribution in [0, 0.1) is 11.6 Å². The first-order valence-electron chi connectivity index (χ1n) is 15.8. The monoisotopic (exact) mass is 778 g/mol. The van der Waals surface area contributed by atoms with E-state index in [0.717, 1.165) is 0 Å². The third kappa shape index (κ3) is 8.57. The van der Waals surface area contributed by atoms with Crippen molar-refractivity contribution < 1.29 is 53.3 Å². The van der Waals surface area contributed by atoms with Crippen LogP contribution in [0.3, 0.4) is 0 Å². The Morgan fingerprint density at radius 3 is 1.93 bits per heavy atom. The van der Waals surface area contributed by atoms with Gasteiger partial charge in [-0.3, -0.25) is 13.6 Å². The molecule has 0 aliphatic heterocycles. The fourth-order valence-corrected chi connectivity index (χ4v) is 6.55. The number of rotatable bonds is 14. The lowest BCUT2D eigenvalue weighted by Gasteiger charge is -2.38. The van der Waals surface area contributed by atoms with Crippen LogP contribution in [-0.2, 0) is 37.8 Å². The summed E-state index contributed by atoms with van der Waals surface area (Å²) in [6, 6.07) is 20.7. The molecular weight excluding hydrogens is 751 g/mol. The van der Waals surface area contributed by atoms with Crippen molar-refractivity contribution in [2.45, 2.75) is 37.6 Å². The van der Waals surface area contributed by atoms with Crippen LogP contribution in [0.5, 0.6) is 0 Å². The van der Waals surface area contributed by atoms with E-state index in [2.05, 4.69) is 24.5 Å². The molecule has 0 unspecified atom stereocenters. The lowest BCUT2D eigenvalue weighted by molar-refractivity contribution is -0.355. The summed E-state index contributed by atoms with van der Waals surface area (Å²) < 4.78 is 148. The van der Waals surface area contributed by atoms with Gasteiger partial charge in [-0.25, -0.2) is 33.3 Å². The number of alkyl halides is 6. The average Bonchev–Trinajstić information content (AvgIpc) is 3.63. The van der Waals surface area contributed by atoms with Crippen molar-refractivity contribution >= 4 is 19.3 Å². The summed E-state index contributed by atoms with van der Waals surface area (Å²) >= 11 is 0. The number of nitrogens with one attached hydrogen (secondary N) is 1. The SMILES string of the molecule is O=P(OCc1ccccc1)(OCc1ccccc1)OC(CNc1nc(-c2cn3ccnc3c(Cc3ccccc3F)n2)ncc1F)(C(F)(F)F)C(F)(F)F. The van der Waals surface area contributed by atoms with Crippen molar-refractivity contribution in [3.8, 4) is 11.5 Å². The molecule has 282 valence electrons. The minimum absolute atomic E-state index is 0.0803. The van der Waals surface area contributed by atoms with Crippen molar-refractivity contribution in [3.63, 3.8) is 0 Å². The van der Waals surface area contributed by atoms with Gasteiger partial charge in [-0.2, -0.15) is 26.3 Å². The van der Waals surface area contributed by atoms with E-state index < -0.39 is 68.8 Å². The maximum Gasteiger partial charge on any atom is 0.476 e. The highest BCUT2D eigenvalue weighted by Crippen LogP contribution is 2.60. The number of hydrogen-bond acceptors (Lipinski definition) is 9.